The topological polar surface area (TPSA) is 96.3 Å². The molecule has 7 nitrogen and oxygen atoms in total. The Balaban J connectivity index is 1.82. The van der Waals surface area contributed by atoms with Gasteiger partial charge in [-0.2, -0.15) is 0 Å². The lowest BCUT2D eigenvalue weighted by molar-refractivity contribution is -0.384. The number of nitrogens with zero attached hydrogens (tertiary/aromatic N) is 2. The van der Waals surface area contributed by atoms with Crippen LogP contribution in [0.5, 0.6) is 0 Å². The van der Waals surface area contributed by atoms with Gasteiger partial charge >= 0.3 is 0 Å². The molecule has 0 fully saturated rings. The van der Waals surface area contributed by atoms with Crippen LogP contribution in [0, 0.1) is 30.9 Å². The molecule has 0 saturated heterocycles. The summed E-state index contributed by atoms with van der Waals surface area (Å²) >= 11 is 0. The van der Waals surface area contributed by atoms with Gasteiger partial charge in [0.05, 0.1) is 11.5 Å². The van der Waals surface area contributed by atoms with Gasteiger partial charge in [-0.05, 0) is 61.5 Å². The van der Waals surface area contributed by atoms with E-state index in [0.717, 1.165) is 27.6 Å². The van der Waals surface area contributed by atoms with Crippen molar-refractivity contribution >= 4 is 28.2 Å². The van der Waals surface area contributed by atoms with Crippen LogP contribution in [-0.4, -0.2) is 15.8 Å². The summed E-state index contributed by atoms with van der Waals surface area (Å²) in [5, 5.41) is 12.1. The van der Waals surface area contributed by atoms with Gasteiger partial charge in [-0.3, -0.25) is 19.7 Å². The van der Waals surface area contributed by atoms with Gasteiger partial charge in [0.25, 0.3) is 17.2 Å². The Bertz CT molecular complexity index is 1460. The van der Waals surface area contributed by atoms with E-state index in [4.69, 9.17) is 0 Å². The maximum atomic E-state index is 13.6. The fraction of sp³-hybridized carbons (Fsp3) is 0.154. The molecule has 166 valence electrons. The molecule has 1 amide bonds. The minimum absolute atomic E-state index is 0.0184. The van der Waals surface area contributed by atoms with Gasteiger partial charge in [-0.25, -0.2) is 0 Å². The number of nitro groups is 1. The molecule has 0 atom stereocenters. The molecule has 0 radical (unpaired) electrons. The highest BCUT2D eigenvalue weighted by Gasteiger charge is 2.23. The smallest absolute Gasteiger partial charge is 0.270 e. The lowest BCUT2D eigenvalue weighted by atomic mass is 10.1. The summed E-state index contributed by atoms with van der Waals surface area (Å²) in [6.07, 6.45) is 0. The molecule has 0 aliphatic carbocycles. The largest absolute Gasteiger partial charge is 0.322 e. The average Bonchev–Trinajstić information content (AvgIpc) is 2.78. The first-order valence-corrected chi connectivity index (χ1v) is 10.5. The number of amides is 1. The Morgan fingerprint density at radius 1 is 0.970 bits per heavy atom. The number of nitrogens with one attached hydrogen (secondary N) is 1. The lowest BCUT2D eigenvalue weighted by Crippen LogP contribution is -2.33. The third-order valence-corrected chi connectivity index (χ3v) is 5.60. The number of hydrogen-bond acceptors (Lipinski definition) is 4. The number of aryl methyl sites for hydroxylation is 3. The Kier molecular flexibility index (Phi) is 5.79. The molecule has 4 aromatic rings. The molecule has 0 saturated carbocycles. The maximum Gasteiger partial charge on any atom is 0.270 e. The molecule has 33 heavy (non-hydrogen) atoms. The minimum atomic E-state index is -0.533. The summed E-state index contributed by atoms with van der Waals surface area (Å²) < 4.78 is 0. The monoisotopic (exact) mass is 441 g/mol. The van der Waals surface area contributed by atoms with Crippen molar-refractivity contribution in [2.75, 3.05) is 4.90 Å². The normalized spacial score (nSPS) is 10.9. The number of rotatable bonds is 5. The van der Waals surface area contributed by atoms with Crippen LogP contribution in [0.2, 0.25) is 0 Å². The first-order chi connectivity index (χ1) is 15.7. The summed E-state index contributed by atoms with van der Waals surface area (Å²) in [4.78, 5) is 41.5. The zero-order valence-electron chi connectivity index (χ0n) is 18.6. The van der Waals surface area contributed by atoms with Crippen molar-refractivity contribution in [1.82, 2.24) is 4.98 Å². The molecule has 0 unspecified atom stereocenters. The molecule has 0 bridgehead atoms. The number of benzene rings is 3. The first-order valence-electron chi connectivity index (χ1n) is 10.5. The van der Waals surface area contributed by atoms with Crippen molar-refractivity contribution < 1.29 is 9.72 Å². The molecule has 0 aliphatic rings. The van der Waals surface area contributed by atoms with E-state index in [9.17, 15) is 19.7 Å². The van der Waals surface area contributed by atoms with Gasteiger partial charge < -0.3 is 9.88 Å². The van der Waals surface area contributed by atoms with E-state index in [1.54, 1.807) is 12.1 Å². The van der Waals surface area contributed by atoms with E-state index in [0.29, 0.717) is 11.3 Å². The highest BCUT2D eigenvalue weighted by Crippen LogP contribution is 2.26. The van der Waals surface area contributed by atoms with Crippen LogP contribution in [0.15, 0.2) is 71.5 Å². The maximum absolute atomic E-state index is 13.6. The first kappa shape index (κ1) is 22.0. The van der Waals surface area contributed by atoms with Crippen molar-refractivity contribution in [3.05, 3.63) is 115 Å². The second-order valence-corrected chi connectivity index (χ2v) is 8.20. The van der Waals surface area contributed by atoms with E-state index in [1.807, 2.05) is 57.2 Å². The van der Waals surface area contributed by atoms with E-state index in [1.165, 1.54) is 23.1 Å². The predicted octanol–water partition coefficient (Wildman–Crippen LogP) is 5.21. The van der Waals surface area contributed by atoms with Crippen molar-refractivity contribution in [3.8, 4) is 0 Å². The molecule has 4 rings (SSSR count). The number of fused-ring (bicyclic) bond motifs is 1. The number of aromatic amines is 1. The number of anilines is 1. The van der Waals surface area contributed by atoms with Crippen molar-refractivity contribution in [1.29, 1.82) is 0 Å². The average molecular weight is 441 g/mol. The fourth-order valence-corrected chi connectivity index (χ4v) is 3.93. The van der Waals surface area contributed by atoms with Crippen LogP contribution < -0.4 is 10.5 Å². The molecule has 1 aromatic heterocycles. The fourth-order valence-electron chi connectivity index (χ4n) is 3.93. The van der Waals surface area contributed by atoms with E-state index < -0.39 is 10.8 Å². The van der Waals surface area contributed by atoms with Crippen LogP contribution in [0.4, 0.5) is 11.4 Å². The second-order valence-electron chi connectivity index (χ2n) is 8.20. The molecule has 1 N–H and O–H groups in total. The number of carbonyl (C=O) groups is 1. The van der Waals surface area contributed by atoms with Crippen molar-refractivity contribution in [3.63, 3.8) is 0 Å². The van der Waals surface area contributed by atoms with Gasteiger partial charge in [-0.15, -0.1) is 0 Å². The molecule has 0 aliphatic heterocycles. The number of hydrogen-bond donors (Lipinski definition) is 1. The molecule has 0 spiro atoms. The number of aromatic nitrogens is 1. The van der Waals surface area contributed by atoms with Crippen molar-refractivity contribution in [2.24, 2.45) is 0 Å². The zero-order valence-corrected chi connectivity index (χ0v) is 18.6. The van der Waals surface area contributed by atoms with E-state index in [2.05, 4.69) is 4.98 Å². The predicted molar refractivity (Wildman–Crippen MR) is 129 cm³/mol. The van der Waals surface area contributed by atoms with Gasteiger partial charge in [0, 0.05) is 34.5 Å². The third-order valence-electron chi connectivity index (χ3n) is 5.60. The van der Waals surface area contributed by atoms with Gasteiger partial charge in [0.15, 0.2) is 0 Å². The Labute approximate surface area is 190 Å². The summed E-state index contributed by atoms with van der Waals surface area (Å²) in [6.45, 7) is 5.82. The summed E-state index contributed by atoms with van der Waals surface area (Å²) in [7, 11) is 0. The number of carbonyl (C=O) groups excluding carboxylic acids is 1. The summed E-state index contributed by atoms with van der Waals surface area (Å²) in [5.74, 6) is -0.422. The molecular weight excluding hydrogens is 418 g/mol. The van der Waals surface area contributed by atoms with Crippen LogP contribution >= 0.6 is 0 Å². The highest BCUT2D eigenvalue weighted by atomic mass is 16.6. The third kappa shape index (κ3) is 4.52. The van der Waals surface area contributed by atoms with Crippen LogP contribution in [0.1, 0.15) is 32.6 Å². The second kappa shape index (κ2) is 8.70. The SMILES string of the molecule is Cc1ccc(N(Cc2cc3ccc(C)cc3[nH]c2=O)C(=O)c2cccc([N+](=O)[O-])c2)c(C)c1. The highest BCUT2D eigenvalue weighted by molar-refractivity contribution is 6.06. The standard InChI is InChI=1S/C26H23N3O4/c1-16-8-10-24(18(3)11-16)28(26(31)20-5-4-6-22(14-20)29(32)33)15-21-13-19-9-7-17(2)12-23(19)27-25(21)30/h4-14H,15H2,1-3H3,(H,27,30). The number of H-pyrrole nitrogens is 1. The Morgan fingerprint density at radius 3 is 2.42 bits per heavy atom. The Morgan fingerprint density at radius 2 is 1.70 bits per heavy atom. The quantitative estimate of drug-likeness (QED) is 0.340. The van der Waals surface area contributed by atoms with Crippen LogP contribution in [0.3, 0.4) is 0 Å². The van der Waals surface area contributed by atoms with Crippen molar-refractivity contribution in [2.45, 2.75) is 27.3 Å². The molecule has 1 heterocycles. The lowest BCUT2D eigenvalue weighted by Gasteiger charge is -2.25. The van der Waals surface area contributed by atoms with Gasteiger partial charge in [0.2, 0.25) is 0 Å². The number of non-ortho nitro benzene ring substituents is 1. The van der Waals surface area contributed by atoms with Crippen LogP contribution in [-0.2, 0) is 6.54 Å². The number of nitro benzene ring substituents is 1. The minimum Gasteiger partial charge on any atom is -0.322 e. The molecular formula is C26H23N3O4. The zero-order chi connectivity index (χ0) is 23.7. The van der Waals surface area contributed by atoms with Crippen LogP contribution in [0.25, 0.3) is 10.9 Å². The Hall–Kier alpha value is -4.26. The summed E-state index contributed by atoms with van der Waals surface area (Å²) in [5.41, 5.74) is 4.45. The van der Waals surface area contributed by atoms with Gasteiger partial charge in [0.1, 0.15) is 0 Å². The van der Waals surface area contributed by atoms with E-state index >= 15 is 0 Å². The molecule has 7 heteroatoms. The summed E-state index contributed by atoms with van der Waals surface area (Å²) in [6, 6.07) is 18.9. The number of pyridine rings is 1. The van der Waals surface area contributed by atoms with Gasteiger partial charge in [-0.1, -0.05) is 35.9 Å². The molecule has 3 aromatic carbocycles. The van der Waals surface area contributed by atoms with E-state index in [-0.39, 0.29) is 23.4 Å².